The van der Waals surface area contributed by atoms with E-state index in [1.165, 1.54) is 0 Å². The molecule has 2 bridgehead atoms. The van der Waals surface area contributed by atoms with Crippen molar-refractivity contribution in [3.8, 4) is 0 Å². The Morgan fingerprint density at radius 2 is 1.69 bits per heavy atom. The van der Waals surface area contributed by atoms with Crippen LogP contribution in [0, 0.1) is 5.41 Å². The molecule has 4 unspecified atom stereocenters. The first-order valence-electron chi connectivity index (χ1n) is 13.0. The molecular formula is C20H21F2N9O10P2S2. The number of rotatable bonds is 2. The summed E-state index contributed by atoms with van der Waals surface area (Å²) < 4.78 is 78.5. The molecule has 242 valence electrons. The summed E-state index contributed by atoms with van der Waals surface area (Å²) in [5.74, 6) is -1.86. The highest BCUT2D eigenvalue weighted by molar-refractivity contribution is 8.44. The van der Waals surface area contributed by atoms with E-state index in [9.17, 15) is 19.0 Å². The second-order valence-electron chi connectivity index (χ2n) is 10.2. The number of nitrogens with one attached hydrogen (secondary N) is 2. The predicted molar refractivity (Wildman–Crippen MR) is 154 cm³/mol. The molecule has 45 heavy (non-hydrogen) atoms. The Morgan fingerprint density at radius 1 is 1.00 bits per heavy atom. The number of alkyl halides is 2. The van der Waals surface area contributed by atoms with Gasteiger partial charge in [-0.3, -0.25) is 53.7 Å². The van der Waals surface area contributed by atoms with Crippen LogP contribution in [0.15, 0.2) is 25.0 Å². The molecule has 0 aromatic carbocycles. The number of nitrogens with zero attached hydrogens (tertiary/aromatic N) is 7. The van der Waals surface area contributed by atoms with Gasteiger partial charge in [0, 0.05) is 0 Å². The molecule has 0 spiro atoms. The van der Waals surface area contributed by atoms with Gasteiger partial charge >= 0.3 is 13.5 Å². The molecule has 0 aromatic heterocycles. The number of guanidine groups is 1. The number of hydrogen-bond donors (Lipinski definition) is 4. The number of carbonyl (C=O) groups is 2. The van der Waals surface area contributed by atoms with Gasteiger partial charge in [-0.2, -0.15) is 9.98 Å². The molecule has 2 amide bonds. The van der Waals surface area contributed by atoms with Gasteiger partial charge in [0.1, 0.15) is 36.6 Å². The van der Waals surface area contributed by atoms with Crippen molar-refractivity contribution in [2.75, 3.05) is 13.2 Å². The fourth-order valence-corrected chi connectivity index (χ4v) is 8.30. The van der Waals surface area contributed by atoms with E-state index in [1.54, 1.807) is 0 Å². The Morgan fingerprint density at radius 3 is 2.47 bits per heavy atom. The van der Waals surface area contributed by atoms with Gasteiger partial charge in [0.05, 0.1) is 25.9 Å². The van der Waals surface area contributed by atoms with Crippen molar-refractivity contribution < 1.29 is 55.4 Å². The van der Waals surface area contributed by atoms with Crippen LogP contribution in [0.2, 0.25) is 0 Å². The van der Waals surface area contributed by atoms with Crippen LogP contribution in [0.3, 0.4) is 0 Å². The summed E-state index contributed by atoms with van der Waals surface area (Å²) in [4.78, 5) is 57.0. The first-order valence-corrected chi connectivity index (χ1v) is 18.3. The van der Waals surface area contributed by atoms with Crippen LogP contribution in [0.1, 0.15) is 0 Å². The monoisotopic (exact) mass is 711 g/mol. The van der Waals surface area contributed by atoms with Gasteiger partial charge in [0.2, 0.25) is 5.96 Å². The predicted octanol–water partition coefficient (Wildman–Crippen LogP) is -0.961. The van der Waals surface area contributed by atoms with Crippen LogP contribution in [0.25, 0.3) is 0 Å². The SMILES string of the molecule is N=C1N=C2C(N=CN2[C@@H]2O[C@@H]3COP(O)(=S)O[C@H]4[C@@H](F)[C@H](N5C=NC6C(=O)N=CN=C65)O[C@@H]4COP(=O)(S)O[C@@H]2[C@@H]3F)C(=O)N1. The molecule has 25 heteroatoms. The lowest BCUT2D eigenvalue weighted by Crippen LogP contribution is -2.53. The minimum absolute atomic E-state index is 0.0249. The summed E-state index contributed by atoms with van der Waals surface area (Å²) >= 11 is 9.06. The van der Waals surface area contributed by atoms with Crippen LogP contribution >= 0.6 is 25.8 Å². The second-order valence-corrected chi connectivity index (χ2v) is 15.9. The van der Waals surface area contributed by atoms with Crippen LogP contribution in [0.4, 0.5) is 8.78 Å². The summed E-state index contributed by atoms with van der Waals surface area (Å²) in [7, 11) is 0. The molecule has 12 atom stereocenters. The van der Waals surface area contributed by atoms with Crippen molar-refractivity contribution >= 4 is 86.0 Å². The Labute approximate surface area is 261 Å². The van der Waals surface area contributed by atoms with E-state index in [0.29, 0.717) is 0 Å². The summed E-state index contributed by atoms with van der Waals surface area (Å²) in [6, 6.07) is -2.28. The van der Waals surface area contributed by atoms with Crippen LogP contribution < -0.4 is 5.32 Å². The van der Waals surface area contributed by atoms with E-state index < -0.39 is 106 Å². The second kappa shape index (κ2) is 11.4. The molecule has 3 N–H and O–H groups in total. The van der Waals surface area contributed by atoms with Crippen molar-refractivity contribution in [1.82, 2.24) is 15.1 Å². The number of carbonyl (C=O) groups excluding carboxylic acids is 2. The molecule has 0 aromatic rings. The van der Waals surface area contributed by atoms with E-state index in [1.807, 2.05) is 0 Å². The molecule has 7 rings (SSSR count). The number of halogens is 2. The maximum atomic E-state index is 15.9. The zero-order valence-corrected chi connectivity index (χ0v) is 25.7. The van der Waals surface area contributed by atoms with E-state index in [0.717, 1.165) is 28.8 Å². The molecule has 3 saturated heterocycles. The average molecular weight is 712 g/mol. The van der Waals surface area contributed by atoms with Crippen LogP contribution in [0.5, 0.6) is 0 Å². The summed E-state index contributed by atoms with van der Waals surface area (Å²) in [6.07, 6.45) is -10.4. The topological polar surface area (TPSA) is 231 Å². The number of hydrogen-bond acceptors (Lipinski definition) is 16. The maximum absolute atomic E-state index is 15.9. The Kier molecular flexibility index (Phi) is 7.88. The fraction of sp³-hybridized carbons (Fsp3) is 0.600. The molecule has 7 aliphatic rings. The Balaban J connectivity index is 1.15. The molecule has 0 radical (unpaired) electrons. The zero-order valence-electron chi connectivity index (χ0n) is 22.2. The highest BCUT2D eigenvalue weighted by Crippen LogP contribution is 2.58. The van der Waals surface area contributed by atoms with E-state index >= 15 is 8.78 Å². The van der Waals surface area contributed by atoms with Gasteiger partial charge in [0.15, 0.2) is 42.7 Å². The van der Waals surface area contributed by atoms with E-state index in [4.69, 9.17) is 44.8 Å². The lowest BCUT2D eigenvalue weighted by Gasteiger charge is -2.31. The van der Waals surface area contributed by atoms with Gasteiger partial charge in [-0.1, -0.05) is 12.2 Å². The molecule has 7 heterocycles. The Hall–Kier alpha value is -2.43. The molecule has 0 saturated carbocycles. The number of ether oxygens (including phenoxy) is 2. The molecule has 19 nitrogen and oxygen atoms in total. The highest BCUT2D eigenvalue weighted by atomic mass is 32.7. The summed E-state index contributed by atoms with van der Waals surface area (Å²) in [5.41, 5.74) is 0. The first kappa shape index (κ1) is 31.2. The van der Waals surface area contributed by atoms with Crippen LogP contribution in [-0.4, -0.2) is 138 Å². The van der Waals surface area contributed by atoms with Gasteiger partial charge < -0.3 is 18.9 Å². The minimum atomic E-state index is -4.51. The highest BCUT2D eigenvalue weighted by Gasteiger charge is 2.57. The molecular weight excluding hydrogens is 690 g/mol. The van der Waals surface area contributed by atoms with Gasteiger partial charge in [-0.05, 0) is 11.8 Å². The van der Waals surface area contributed by atoms with Crippen molar-refractivity contribution in [2.45, 2.75) is 61.3 Å². The third-order valence-corrected chi connectivity index (χ3v) is 10.6. The number of amidine groups is 2. The molecule has 7 aliphatic heterocycles. The Bertz CT molecular complexity index is 1600. The smallest absolute Gasteiger partial charge is 0.346 e. The zero-order chi connectivity index (χ0) is 31.8. The fourth-order valence-electron chi connectivity index (χ4n) is 5.41. The van der Waals surface area contributed by atoms with Crippen LogP contribution in [-0.2, 0) is 53.5 Å². The van der Waals surface area contributed by atoms with Crippen molar-refractivity contribution in [3.05, 3.63) is 0 Å². The van der Waals surface area contributed by atoms with Gasteiger partial charge in [-0.15, -0.1) is 0 Å². The van der Waals surface area contributed by atoms with Crippen molar-refractivity contribution in [3.63, 3.8) is 0 Å². The van der Waals surface area contributed by atoms with E-state index in [-0.39, 0.29) is 11.7 Å². The number of fused-ring (bicyclic) bond motifs is 5. The third-order valence-electron chi connectivity index (χ3n) is 7.42. The summed E-state index contributed by atoms with van der Waals surface area (Å²) in [5, 5.41) is 9.95. The molecule has 3 fully saturated rings. The van der Waals surface area contributed by atoms with E-state index in [2.05, 4.69) is 42.5 Å². The summed E-state index contributed by atoms with van der Waals surface area (Å²) in [6.45, 7) is -10.3. The molecule has 0 aliphatic carbocycles. The lowest BCUT2D eigenvalue weighted by molar-refractivity contribution is -0.120. The van der Waals surface area contributed by atoms with Crippen molar-refractivity contribution in [1.29, 1.82) is 5.41 Å². The number of thiol groups is 1. The minimum Gasteiger partial charge on any atom is -0.346 e. The first-order chi connectivity index (χ1) is 21.3. The standard InChI is InChI=1S/C20H21F2N9O10P2S2/c21-8-6-1-36-42(34,44)40-12-7(39-18(9(12)22)30-4-26-10-14(30)24-3-25-16(10)32)2-37-43(35,45)41-13(8)19(38-6)31-5-27-11-15(31)28-20(23)29-17(11)33/h3-13,18-19H,1-2H2,(H,34,44)(H,35,45)(H2,23,29,33)/t6-,7-,8-,9-,10?,11?,12-,13-,18-,19-,42?,43?/m1/s1. The van der Waals surface area contributed by atoms with Gasteiger partial charge in [0.25, 0.3) is 11.8 Å². The quantitative estimate of drug-likeness (QED) is 0.200. The average Bonchev–Trinajstić information content (AvgIpc) is 3.72. The maximum Gasteiger partial charge on any atom is 0.386 e. The normalized spacial score (nSPS) is 46.1. The van der Waals surface area contributed by atoms with Gasteiger partial charge in [-0.25, -0.2) is 18.3 Å². The third kappa shape index (κ3) is 5.63. The number of aliphatic imine (C=N–C) groups is 5. The number of amides is 2. The largest absolute Gasteiger partial charge is 0.386 e. The lowest BCUT2D eigenvalue weighted by atomic mass is 10.1. The van der Waals surface area contributed by atoms with Crippen molar-refractivity contribution in [2.24, 2.45) is 25.0 Å².